The average Bonchev–Trinajstić information content (AvgIpc) is 3.31. The first-order valence-corrected chi connectivity index (χ1v) is 9.73. The van der Waals surface area contributed by atoms with Crippen LogP contribution in [0.5, 0.6) is 17.2 Å². The fraction of sp³-hybridized carbons (Fsp3) is 0.261. The Kier molecular flexibility index (Phi) is 5.73. The average molecular weight is 424 g/mol. The van der Waals surface area contributed by atoms with E-state index in [1.807, 2.05) is 0 Å². The minimum absolute atomic E-state index is 0.0300. The topological polar surface area (TPSA) is 101 Å². The van der Waals surface area contributed by atoms with Gasteiger partial charge in [0.1, 0.15) is 22.8 Å². The molecule has 0 radical (unpaired) electrons. The normalized spacial score (nSPS) is 15.6. The van der Waals surface area contributed by atoms with Crippen LogP contribution in [0.15, 0.2) is 51.7 Å². The van der Waals surface area contributed by atoms with E-state index in [0.29, 0.717) is 24.3 Å². The third kappa shape index (κ3) is 4.29. The van der Waals surface area contributed by atoms with Gasteiger partial charge in [-0.1, -0.05) is 0 Å². The molecule has 3 aromatic rings. The Morgan fingerprint density at radius 3 is 2.48 bits per heavy atom. The van der Waals surface area contributed by atoms with Gasteiger partial charge in [-0.25, -0.2) is 9.59 Å². The van der Waals surface area contributed by atoms with Crippen molar-refractivity contribution in [3.8, 4) is 17.2 Å². The van der Waals surface area contributed by atoms with Crippen LogP contribution in [0.3, 0.4) is 0 Å². The number of benzene rings is 2. The van der Waals surface area contributed by atoms with E-state index in [4.69, 9.17) is 18.6 Å². The SMILES string of the molecule is COC(=O)c1ccc(Oc2c(C)oc3cc(OC(=O)C4CCCO4)ccc3c2=O)cc1. The summed E-state index contributed by atoms with van der Waals surface area (Å²) in [6.07, 6.45) is 0.882. The van der Waals surface area contributed by atoms with Gasteiger partial charge in [0.25, 0.3) is 0 Å². The third-order valence-electron chi connectivity index (χ3n) is 4.89. The van der Waals surface area contributed by atoms with E-state index >= 15 is 0 Å². The van der Waals surface area contributed by atoms with Crippen molar-refractivity contribution < 1.29 is 33.0 Å². The van der Waals surface area contributed by atoms with Gasteiger partial charge in [0.2, 0.25) is 11.2 Å². The Bertz CT molecular complexity index is 1190. The Hall–Kier alpha value is -3.65. The smallest absolute Gasteiger partial charge is 0.340 e. The fourth-order valence-electron chi connectivity index (χ4n) is 3.29. The number of methoxy groups -OCH3 is 1. The summed E-state index contributed by atoms with van der Waals surface area (Å²) < 4.78 is 26.8. The highest BCUT2D eigenvalue weighted by Gasteiger charge is 2.26. The van der Waals surface area contributed by atoms with Gasteiger partial charge in [0, 0.05) is 12.7 Å². The molecule has 8 heteroatoms. The molecule has 0 saturated carbocycles. The molecule has 1 aliphatic rings. The van der Waals surface area contributed by atoms with E-state index in [0.717, 1.165) is 6.42 Å². The summed E-state index contributed by atoms with van der Waals surface area (Å²) >= 11 is 0. The van der Waals surface area contributed by atoms with Gasteiger partial charge in [0.05, 0.1) is 18.1 Å². The zero-order valence-corrected chi connectivity index (χ0v) is 17.0. The number of carbonyl (C=O) groups is 2. The van der Waals surface area contributed by atoms with Crippen molar-refractivity contribution in [1.82, 2.24) is 0 Å². The fourth-order valence-corrected chi connectivity index (χ4v) is 3.29. The van der Waals surface area contributed by atoms with Gasteiger partial charge >= 0.3 is 11.9 Å². The number of ether oxygens (including phenoxy) is 4. The molecule has 1 fully saturated rings. The summed E-state index contributed by atoms with van der Waals surface area (Å²) in [6, 6.07) is 10.7. The number of fused-ring (bicyclic) bond motifs is 1. The first-order valence-electron chi connectivity index (χ1n) is 9.73. The first kappa shape index (κ1) is 20.6. The third-order valence-corrected chi connectivity index (χ3v) is 4.89. The number of aryl methyl sites for hydroxylation is 1. The second-order valence-electron chi connectivity index (χ2n) is 7.02. The molecule has 0 spiro atoms. The minimum Gasteiger partial charge on any atom is -0.465 e. The molecule has 1 aromatic heterocycles. The summed E-state index contributed by atoms with van der Waals surface area (Å²) in [5, 5.41) is 0.281. The molecular weight excluding hydrogens is 404 g/mol. The van der Waals surface area contributed by atoms with Crippen molar-refractivity contribution in [2.45, 2.75) is 25.9 Å². The molecule has 0 aliphatic carbocycles. The van der Waals surface area contributed by atoms with Crippen LogP contribution in [0.4, 0.5) is 0 Å². The maximum Gasteiger partial charge on any atom is 0.340 e. The predicted molar refractivity (Wildman–Crippen MR) is 110 cm³/mol. The monoisotopic (exact) mass is 424 g/mol. The van der Waals surface area contributed by atoms with Crippen molar-refractivity contribution in [2.75, 3.05) is 13.7 Å². The van der Waals surface area contributed by atoms with Crippen LogP contribution in [0, 0.1) is 6.92 Å². The molecule has 1 atom stereocenters. The standard InChI is InChI=1S/C23H20O8/c1-13-21(30-15-7-5-14(6-8-15)22(25)27-2)20(24)17-10-9-16(12-19(17)29-13)31-23(26)18-4-3-11-28-18/h5-10,12,18H,3-4,11H2,1-2H3. The van der Waals surface area contributed by atoms with Gasteiger partial charge in [-0.3, -0.25) is 4.79 Å². The van der Waals surface area contributed by atoms with Gasteiger partial charge in [0.15, 0.2) is 6.10 Å². The lowest BCUT2D eigenvalue weighted by molar-refractivity contribution is -0.144. The van der Waals surface area contributed by atoms with Crippen LogP contribution in [0.2, 0.25) is 0 Å². The molecule has 2 aromatic carbocycles. The van der Waals surface area contributed by atoms with Crippen molar-refractivity contribution in [1.29, 1.82) is 0 Å². The Balaban J connectivity index is 1.58. The summed E-state index contributed by atoms with van der Waals surface area (Å²) in [7, 11) is 1.30. The summed E-state index contributed by atoms with van der Waals surface area (Å²) in [5.74, 6) is -0.0121. The van der Waals surface area contributed by atoms with Crippen LogP contribution in [0.1, 0.15) is 29.0 Å². The molecule has 0 bridgehead atoms. The maximum absolute atomic E-state index is 12.9. The highest BCUT2D eigenvalue weighted by molar-refractivity contribution is 5.89. The zero-order chi connectivity index (χ0) is 22.0. The van der Waals surface area contributed by atoms with E-state index < -0.39 is 18.0 Å². The maximum atomic E-state index is 12.9. The van der Waals surface area contributed by atoms with Crippen molar-refractivity contribution >= 4 is 22.9 Å². The lowest BCUT2D eigenvalue weighted by Crippen LogP contribution is -2.24. The van der Waals surface area contributed by atoms with E-state index in [1.54, 1.807) is 19.1 Å². The second-order valence-corrected chi connectivity index (χ2v) is 7.02. The van der Waals surface area contributed by atoms with Crippen LogP contribution in [-0.2, 0) is 14.3 Å². The quantitative estimate of drug-likeness (QED) is 0.451. The highest BCUT2D eigenvalue weighted by atomic mass is 16.6. The van der Waals surface area contributed by atoms with E-state index in [9.17, 15) is 14.4 Å². The predicted octanol–water partition coefficient (Wildman–Crippen LogP) is 3.76. The van der Waals surface area contributed by atoms with Crippen molar-refractivity contribution in [2.24, 2.45) is 0 Å². The van der Waals surface area contributed by atoms with Gasteiger partial charge in [-0.05, 0) is 56.2 Å². The summed E-state index contributed by atoms with van der Waals surface area (Å²) in [5.41, 5.74) is 0.267. The lowest BCUT2D eigenvalue weighted by atomic mass is 10.2. The van der Waals surface area contributed by atoms with Gasteiger partial charge in [-0.2, -0.15) is 0 Å². The molecule has 1 saturated heterocycles. The first-order chi connectivity index (χ1) is 15.0. The van der Waals surface area contributed by atoms with Crippen LogP contribution >= 0.6 is 0 Å². The van der Waals surface area contributed by atoms with Crippen LogP contribution < -0.4 is 14.9 Å². The zero-order valence-electron chi connectivity index (χ0n) is 17.0. The molecule has 31 heavy (non-hydrogen) atoms. The molecule has 160 valence electrons. The summed E-state index contributed by atoms with van der Waals surface area (Å²) in [4.78, 5) is 36.6. The number of rotatable bonds is 5. The highest BCUT2D eigenvalue weighted by Crippen LogP contribution is 2.28. The number of carbonyl (C=O) groups excluding carboxylic acids is 2. The van der Waals surface area contributed by atoms with E-state index in [2.05, 4.69) is 4.74 Å². The number of hydrogen-bond donors (Lipinski definition) is 0. The Morgan fingerprint density at radius 2 is 1.81 bits per heavy atom. The van der Waals surface area contributed by atoms with Crippen molar-refractivity contribution in [3.05, 3.63) is 64.0 Å². The molecule has 0 amide bonds. The van der Waals surface area contributed by atoms with Crippen molar-refractivity contribution in [3.63, 3.8) is 0 Å². The molecule has 2 heterocycles. The minimum atomic E-state index is -0.564. The Labute approximate surface area is 177 Å². The van der Waals surface area contributed by atoms with E-state index in [-0.39, 0.29) is 33.7 Å². The molecule has 1 unspecified atom stereocenters. The van der Waals surface area contributed by atoms with Gasteiger partial charge < -0.3 is 23.4 Å². The molecule has 0 N–H and O–H groups in total. The molecule has 8 nitrogen and oxygen atoms in total. The number of hydrogen-bond acceptors (Lipinski definition) is 8. The second kappa shape index (κ2) is 8.61. The lowest BCUT2D eigenvalue weighted by Gasteiger charge is -2.11. The van der Waals surface area contributed by atoms with Crippen LogP contribution in [-0.4, -0.2) is 31.8 Å². The largest absolute Gasteiger partial charge is 0.465 e. The number of esters is 2. The van der Waals surface area contributed by atoms with Crippen LogP contribution in [0.25, 0.3) is 11.0 Å². The van der Waals surface area contributed by atoms with Gasteiger partial charge in [-0.15, -0.1) is 0 Å². The molecular formula is C23H20O8. The molecule has 4 rings (SSSR count). The summed E-state index contributed by atoms with van der Waals surface area (Å²) in [6.45, 7) is 2.14. The Morgan fingerprint density at radius 1 is 1.06 bits per heavy atom. The van der Waals surface area contributed by atoms with E-state index in [1.165, 1.54) is 37.4 Å². The molecule has 1 aliphatic heterocycles.